The Morgan fingerprint density at radius 1 is 1.35 bits per heavy atom. The Labute approximate surface area is 116 Å². The topological polar surface area (TPSA) is 51.2 Å². The SMILES string of the molecule is CCOC(=O)c1ccc(Nc2cc(C)ccc2F)nc1. The van der Waals surface area contributed by atoms with Crippen molar-refractivity contribution < 1.29 is 13.9 Å². The maximum atomic E-state index is 13.6. The van der Waals surface area contributed by atoms with Crippen molar-refractivity contribution in [3.63, 3.8) is 0 Å². The molecule has 0 fully saturated rings. The van der Waals surface area contributed by atoms with Crippen molar-refractivity contribution in [2.45, 2.75) is 13.8 Å². The molecule has 0 aliphatic carbocycles. The summed E-state index contributed by atoms with van der Waals surface area (Å²) in [5.41, 5.74) is 1.65. The quantitative estimate of drug-likeness (QED) is 0.868. The highest BCUT2D eigenvalue weighted by molar-refractivity contribution is 5.89. The number of anilines is 2. The van der Waals surface area contributed by atoms with E-state index in [2.05, 4.69) is 10.3 Å². The van der Waals surface area contributed by atoms with Crippen molar-refractivity contribution in [3.8, 4) is 0 Å². The second-order valence-electron chi connectivity index (χ2n) is 4.26. The molecule has 1 N–H and O–H groups in total. The fourth-order valence-corrected chi connectivity index (χ4v) is 1.68. The van der Waals surface area contributed by atoms with Crippen LogP contribution in [0.25, 0.3) is 0 Å². The Balaban J connectivity index is 2.14. The predicted octanol–water partition coefficient (Wildman–Crippen LogP) is 3.45. The van der Waals surface area contributed by atoms with Crippen LogP contribution in [0, 0.1) is 12.7 Å². The maximum Gasteiger partial charge on any atom is 0.339 e. The first kappa shape index (κ1) is 14.0. The fraction of sp³-hybridized carbons (Fsp3) is 0.200. The van der Waals surface area contributed by atoms with Crippen LogP contribution in [0.4, 0.5) is 15.9 Å². The Hall–Kier alpha value is -2.43. The van der Waals surface area contributed by atoms with E-state index < -0.39 is 5.97 Å². The summed E-state index contributed by atoms with van der Waals surface area (Å²) in [4.78, 5) is 15.5. The van der Waals surface area contributed by atoms with Gasteiger partial charge in [0.2, 0.25) is 0 Å². The van der Waals surface area contributed by atoms with Crippen LogP contribution in [0.5, 0.6) is 0 Å². The van der Waals surface area contributed by atoms with Gasteiger partial charge in [-0.15, -0.1) is 0 Å². The minimum atomic E-state index is -0.423. The van der Waals surface area contributed by atoms with E-state index in [1.54, 1.807) is 31.2 Å². The molecule has 0 saturated heterocycles. The lowest BCUT2D eigenvalue weighted by Crippen LogP contribution is -2.05. The van der Waals surface area contributed by atoms with E-state index in [0.29, 0.717) is 23.7 Å². The van der Waals surface area contributed by atoms with Crippen LogP contribution >= 0.6 is 0 Å². The first-order valence-electron chi connectivity index (χ1n) is 6.26. The van der Waals surface area contributed by atoms with E-state index in [4.69, 9.17) is 4.74 Å². The average Bonchev–Trinajstić information content (AvgIpc) is 2.44. The van der Waals surface area contributed by atoms with E-state index in [0.717, 1.165) is 5.56 Å². The summed E-state index contributed by atoms with van der Waals surface area (Å²) in [5, 5.41) is 2.87. The van der Waals surface area contributed by atoms with E-state index in [-0.39, 0.29) is 5.82 Å². The van der Waals surface area contributed by atoms with Gasteiger partial charge in [0, 0.05) is 6.20 Å². The highest BCUT2D eigenvalue weighted by Gasteiger charge is 2.08. The number of carbonyl (C=O) groups excluding carboxylic acids is 1. The van der Waals surface area contributed by atoms with Crippen LogP contribution in [0.2, 0.25) is 0 Å². The molecular weight excluding hydrogens is 259 g/mol. The van der Waals surface area contributed by atoms with Crippen LogP contribution < -0.4 is 5.32 Å². The molecule has 0 saturated carbocycles. The van der Waals surface area contributed by atoms with Crippen molar-refractivity contribution >= 4 is 17.5 Å². The second-order valence-corrected chi connectivity index (χ2v) is 4.26. The Bertz CT molecular complexity index is 612. The summed E-state index contributed by atoms with van der Waals surface area (Å²) < 4.78 is 18.5. The molecule has 4 nitrogen and oxygen atoms in total. The minimum absolute atomic E-state index is 0.313. The number of rotatable bonds is 4. The third kappa shape index (κ3) is 3.32. The third-order valence-corrected chi connectivity index (χ3v) is 2.66. The van der Waals surface area contributed by atoms with Gasteiger partial charge < -0.3 is 10.1 Å². The lowest BCUT2D eigenvalue weighted by molar-refractivity contribution is 0.0526. The number of aromatic nitrogens is 1. The van der Waals surface area contributed by atoms with Crippen LogP contribution in [0.3, 0.4) is 0 Å². The van der Waals surface area contributed by atoms with Gasteiger partial charge in [0.15, 0.2) is 0 Å². The molecular formula is C15H15FN2O2. The van der Waals surface area contributed by atoms with E-state index in [1.165, 1.54) is 12.3 Å². The van der Waals surface area contributed by atoms with Crippen LogP contribution in [0.15, 0.2) is 36.5 Å². The van der Waals surface area contributed by atoms with Crippen molar-refractivity contribution in [3.05, 3.63) is 53.5 Å². The largest absolute Gasteiger partial charge is 0.462 e. The zero-order valence-electron chi connectivity index (χ0n) is 11.3. The minimum Gasteiger partial charge on any atom is -0.462 e. The number of benzene rings is 1. The average molecular weight is 274 g/mol. The van der Waals surface area contributed by atoms with E-state index in [9.17, 15) is 9.18 Å². The number of esters is 1. The van der Waals surface area contributed by atoms with Gasteiger partial charge in [0.25, 0.3) is 0 Å². The van der Waals surface area contributed by atoms with Crippen LogP contribution in [-0.2, 0) is 4.74 Å². The summed E-state index contributed by atoms with van der Waals surface area (Å²) in [6.45, 7) is 3.93. The van der Waals surface area contributed by atoms with Crippen molar-refractivity contribution in [1.82, 2.24) is 4.98 Å². The number of nitrogens with one attached hydrogen (secondary N) is 1. The Morgan fingerprint density at radius 3 is 2.80 bits per heavy atom. The third-order valence-electron chi connectivity index (χ3n) is 2.66. The summed E-state index contributed by atoms with van der Waals surface area (Å²) in [5.74, 6) is -0.317. The molecule has 20 heavy (non-hydrogen) atoms. The molecule has 104 valence electrons. The van der Waals surface area contributed by atoms with Gasteiger partial charge in [0.05, 0.1) is 17.9 Å². The molecule has 0 aliphatic heterocycles. The number of carbonyl (C=O) groups is 1. The zero-order valence-corrected chi connectivity index (χ0v) is 11.3. The van der Waals surface area contributed by atoms with E-state index in [1.807, 2.05) is 6.92 Å². The van der Waals surface area contributed by atoms with Gasteiger partial charge >= 0.3 is 5.97 Å². The van der Waals surface area contributed by atoms with Crippen molar-refractivity contribution in [1.29, 1.82) is 0 Å². The standard InChI is InChI=1S/C15H15FN2O2/c1-3-20-15(19)11-5-7-14(17-9-11)18-13-8-10(2)4-6-12(13)16/h4-9H,3H2,1-2H3,(H,17,18). The lowest BCUT2D eigenvalue weighted by Gasteiger charge is -2.08. The molecule has 0 aliphatic rings. The van der Waals surface area contributed by atoms with Gasteiger partial charge in [0.1, 0.15) is 11.6 Å². The number of hydrogen-bond donors (Lipinski definition) is 1. The smallest absolute Gasteiger partial charge is 0.339 e. The molecule has 1 aromatic heterocycles. The molecule has 0 spiro atoms. The summed E-state index contributed by atoms with van der Waals surface area (Å²) >= 11 is 0. The van der Waals surface area contributed by atoms with Gasteiger partial charge in [-0.3, -0.25) is 0 Å². The highest BCUT2D eigenvalue weighted by Crippen LogP contribution is 2.20. The first-order valence-corrected chi connectivity index (χ1v) is 6.26. The molecule has 0 unspecified atom stereocenters. The summed E-state index contributed by atoms with van der Waals surface area (Å²) in [6.07, 6.45) is 1.40. The van der Waals surface area contributed by atoms with Crippen molar-refractivity contribution in [2.24, 2.45) is 0 Å². The molecule has 0 bridgehead atoms. The van der Waals surface area contributed by atoms with Crippen LogP contribution in [0.1, 0.15) is 22.8 Å². The van der Waals surface area contributed by atoms with Crippen molar-refractivity contribution in [2.75, 3.05) is 11.9 Å². The Kier molecular flexibility index (Phi) is 4.30. The fourth-order valence-electron chi connectivity index (χ4n) is 1.68. The number of nitrogens with zero attached hydrogens (tertiary/aromatic N) is 1. The van der Waals surface area contributed by atoms with Gasteiger partial charge in [-0.2, -0.15) is 0 Å². The first-order chi connectivity index (χ1) is 9.60. The molecule has 2 aromatic rings. The molecule has 5 heteroatoms. The lowest BCUT2D eigenvalue weighted by atomic mass is 10.2. The summed E-state index contributed by atoms with van der Waals surface area (Å²) in [6, 6.07) is 7.97. The number of pyridine rings is 1. The van der Waals surface area contributed by atoms with Gasteiger partial charge in [-0.05, 0) is 43.7 Å². The zero-order chi connectivity index (χ0) is 14.5. The van der Waals surface area contributed by atoms with Crippen LogP contribution in [-0.4, -0.2) is 17.6 Å². The van der Waals surface area contributed by atoms with Gasteiger partial charge in [-0.25, -0.2) is 14.2 Å². The summed E-state index contributed by atoms with van der Waals surface area (Å²) in [7, 11) is 0. The second kappa shape index (κ2) is 6.14. The number of hydrogen-bond acceptors (Lipinski definition) is 4. The monoisotopic (exact) mass is 274 g/mol. The molecule has 2 rings (SSSR count). The number of aryl methyl sites for hydroxylation is 1. The molecule has 1 heterocycles. The predicted molar refractivity (Wildman–Crippen MR) is 74.6 cm³/mol. The normalized spacial score (nSPS) is 10.2. The molecule has 1 aromatic carbocycles. The number of halogens is 1. The highest BCUT2D eigenvalue weighted by atomic mass is 19.1. The van der Waals surface area contributed by atoms with Gasteiger partial charge in [-0.1, -0.05) is 6.07 Å². The molecule has 0 amide bonds. The molecule has 0 atom stereocenters. The Morgan fingerprint density at radius 2 is 2.15 bits per heavy atom. The molecule has 0 radical (unpaired) electrons. The maximum absolute atomic E-state index is 13.6. The number of ether oxygens (including phenoxy) is 1. The van der Waals surface area contributed by atoms with E-state index >= 15 is 0 Å².